The zero-order valence-electron chi connectivity index (χ0n) is 7.22. The third kappa shape index (κ3) is 1.49. The number of hydrogen-bond acceptors (Lipinski definition) is 5. The first-order valence-electron chi connectivity index (χ1n) is 3.86. The quantitative estimate of drug-likeness (QED) is 0.509. The van der Waals surface area contributed by atoms with E-state index in [0.29, 0.717) is 0 Å². The Morgan fingerprint density at radius 1 is 1.40 bits per heavy atom. The highest BCUT2D eigenvalue weighted by Crippen LogP contribution is 2.23. The molecule has 0 spiro atoms. The maximum Gasteiger partial charge on any atom is 0.266 e. The molecule has 0 aliphatic carbocycles. The van der Waals surface area contributed by atoms with Crippen LogP contribution in [0.5, 0.6) is 0 Å². The highest BCUT2D eigenvalue weighted by Gasteiger charge is 2.33. The van der Waals surface area contributed by atoms with Gasteiger partial charge in [-0.15, -0.1) is 0 Å². The van der Waals surface area contributed by atoms with Crippen LogP contribution in [0.15, 0.2) is 23.1 Å². The van der Waals surface area contributed by atoms with Crippen LogP contribution in [0.25, 0.3) is 0 Å². The lowest BCUT2D eigenvalue weighted by atomic mass is 10.2. The van der Waals surface area contributed by atoms with Gasteiger partial charge in [-0.3, -0.25) is 4.79 Å². The molecule has 2 rings (SSSR count). The zero-order chi connectivity index (χ0) is 11.2. The molecule has 1 aliphatic heterocycles. The number of quaternary nitrogens is 1. The third-order valence-electron chi connectivity index (χ3n) is 1.99. The molecule has 15 heavy (non-hydrogen) atoms. The van der Waals surface area contributed by atoms with Crippen LogP contribution in [0.4, 0.5) is 5.69 Å². The zero-order valence-corrected chi connectivity index (χ0v) is 8.04. The molecule has 1 amide bonds. The summed E-state index contributed by atoms with van der Waals surface area (Å²) >= 11 is 0. The van der Waals surface area contributed by atoms with Crippen LogP contribution >= 0.6 is 0 Å². The van der Waals surface area contributed by atoms with Gasteiger partial charge in [-0.05, 0) is 6.07 Å². The highest BCUT2D eigenvalue weighted by atomic mass is 32.2. The number of amides is 1. The summed E-state index contributed by atoms with van der Waals surface area (Å²) in [5.74, 6) is -0.734. The van der Waals surface area contributed by atoms with Gasteiger partial charge in [-0.1, -0.05) is 0 Å². The van der Waals surface area contributed by atoms with E-state index in [1.54, 1.807) is 4.72 Å². The van der Waals surface area contributed by atoms with E-state index in [1.165, 1.54) is 12.1 Å². The van der Waals surface area contributed by atoms with E-state index in [9.17, 15) is 18.4 Å². The van der Waals surface area contributed by atoms with Crippen molar-refractivity contribution in [2.75, 3.05) is 0 Å². The van der Waals surface area contributed by atoms with Gasteiger partial charge in [-0.2, -0.15) is 5.23 Å². The molecule has 8 heteroatoms. The van der Waals surface area contributed by atoms with Crippen LogP contribution in [0.1, 0.15) is 10.4 Å². The predicted molar refractivity (Wildman–Crippen MR) is 46.9 cm³/mol. The van der Waals surface area contributed by atoms with Gasteiger partial charge in [0.05, 0.1) is 5.56 Å². The monoisotopic (exact) mass is 230 g/mol. The standard InChI is InChI=1S/C7H6N2O5S/c10-7-5-2-1-4(9(11)12)3-6(5)15(13,14)8-7/h1-3,9,11H,(H,8,10). The minimum Gasteiger partial charge on any atom is -0.595 e. The maximum atomic E-state index is 11.3. The summed E-state index contributed by atoms with van der Waals surface area (Å²) in [5.41, 5.74) is -0.200. The maximum absolute atomic E-state index is 11.3. The van der Waals surface area contributed by atoms with Gasteiger partial charge >= 0.3 is 0 Å². The average Bonchev–Trinajstić information content (AvgIpc) is 2.37. The Morgan fingerprint density at radius 2 is 2.07 bits per heavy atom. The van der Waals surface area contributed by atoms with Crippen molar-refractivity contribution in [3.63, 3.8) is 0 Å². The lowest BCUT2D eigenvalue weighted by Crippen LogP contribution is -2.99. The van der Waals surface area contributed by atoms with E-state index < -0.39 is 21.2 Å². The molecular formula is C7H6N2O5S. The largest absolute Gasteiger partial charge is 0.595 e. The molecule has 3 N–H and O–H groups in total. The Balaban J connectivity index is 2.68. The molecule has 0 bridgehead atoms. The summed E-state index contributed by atoms with van der Waals surface area (Å²) in [6.45, 7) is 0. The van der Waals surface area contributed by atoms with E-state index in [2.05, 4.69) is 0 Å². The van der Waals surface area contributed by atoms with Crippen molar-refractivity contribution in [1.82, 2.24) is 4.72 Å². The summed E-state index contributed by atoms with van der Waals surface area (Å²) in [6, 6.07) is 3.32. The van der Waals surface area contributed by atoms with Crippen LogP contribution in [-0.2, 0) is 10.0 Å². The minimum absolute atomic E-state index is 0.0278. The summed E-state index contributed by atoms with van der Waals surface area (Å²) in [4.78, 5) is 10.8. The molecule has 0 radical (unpaired) electrons. The van der Waals surface area contributed by atoms with Crippen molar-refractivity contribution < 1.29 is 23.6 Å². The number of carbonyl (C=O) groups is 1. The molecule has 1 unspecified atom stereocenters. The van der Waals surface area contributed by atoms with E-state index in [4.69, 9.17) is 5.21 Å². The van der Waals surface area contributed by atoms with Gasteiger partial charge in [0, 0.05) is 12.1 Å². The van der Waals surface area contributed by atoms with E-state index >= 15 is 0 Å². The minimum atomic E-state index is -3.87. The fourth-order valence-corrected chi connectivity index (χ4v) is 2.49. The highest BCUT2D eigenvalue weighted by molar-refractivity contribution is 7.90. The second kappa shape index (κ2) is 3.00. The molecular weight excluding hydrogens is 224 g/mol. The van der Waals surface area contributed by atoms with Gasteiger partial charge in [-0.25, -0.2) is 18.3 Å². The van der Waals surface area contributed by atoms with Gasteiger partial charge in [0.25, 0.3) is 15.9 Å². The number of carbonyl (C=O) groups excluding carboxylic acids is 1. The van der Waals surface area contributed by atoms with Crippen molar-refractivity contribution in [1.29, 1.82) is 0 Å². The predicted octanol–water partition coefficient (Wildman–Crippen LogP) is -1.48. The molecule has 0 saturated heterocycles. The summed E-state index contributed by atoms with van der Waals surface area (Å²) < 4.78 is 24.4. The third-order valence-corrected chi connectivity index (χ3v) is 3.36. The van der Waals surface area contributed by atoms with Crippen LogP contribution in [0.3, 0.4) is 0 Å². The first-order chi connectivity index (χ1) is 6.92. The molecule has 1 heterocycles. The Hall–Kier alpha value is -1.48. The van der Waals surface area contributed by atoms with E-state index in [1.807, 2.05) is 0 Å². The van der Waals surface area contributed by atoms with Gasteiger partial charge in [0.15, 0.2) is 5.69 Å². The normalized spacial score (nSPS) is 19.5. The first-order valence-corrected chi connectivity index (χ1v) is 5.34. The van der Waals surface area contributed by atoms with Gasteiger partial charge in [0.1, 0.15) is 4.90 Å². The summed E-state index contributed by atoms with van der Waals surface area (Å²) in [6.07, 6.45) is 0. The number of hydrogen-bond donors (Lipinski definition) is 3. The van der Waals surface area contributed by atoms with Crippen molar-refractivity contribution in [3.8, 4) is 0 Å². The summed E-state index contributed by atoms with van der Waals surface area (Å²) in [7, 11) is -3.87. The second-order valence-electron chi connectivity index (χ2n) is 2.95. The molecule has 1 aliphatic rings. The lowest BCUT2D eigenvalue weighted by molar-refractivity contribution is -0.991. The Bertz CT molecular complexity index is 536. The van der Waals surface area contributed by atoms with E-state index in [-0.39, 0.29) is 16.1 Å². The second-order valence-corrected chi connectivity index (χ2v) is 4.60. The van der Waals surface area contributed by atoms with Crippen LogP contribution < -0.4 is 9.95 Å². The molecule has 0 aromatic heterocycles. The fourth-order valence-electron chi connectivity index (χ4n) is 1.30. The molecule has 1 aromatic rings. The number of benzene rings is 1. The number of sulfonamides is 1. The smallest absolute Gasteiger partial charge is 0.266 e. The molecule has 1 aromatic carbocycles. The van der Waals surface area contributed by atoms with Crippen LogP contribution in [-0.4, -0.2) is 19.5 Å². The van der Waals surface area contributed by atoms with Gasteiger partial charge in [0.2, 0.25) is 0 Å². The molecule has 0 fully saturated rings. The molecule has 7 nitrogen and oxygen atoms in total. The first kappa shape index (κ1) is 10.1. The molecule has 0 saturated carbocycles. The topological polar surface area (TPSA) is 111 Å². The number of fused-ring (bicyclic) bond motifs is 1. The van der Waals surface area contributed by atoms with Crippen molar-refractivity contribution in [2.24, 2.45) is 0 Å². The Labute approximate surface area is 84.5 Å². The summed E-state index contributed by atoms with van der Waals surface area (Å²) in [5, 5.41) is 18.0. The number of rotatable bonds is 1. The van der Waals surface area contributed by atoms with Crippen LogP contribution in [0, 0.1) is 5.21 Å². The van der Waals surface area contributed by atoms with Crippen molar-refractivity contribution >= 4 is 21.6 Å². The average molecular weight is 230 g/mol. The lowest BCUT2D eigenvalue weighted by Gasteiger charge is -2.11. The van der Waals surface area contributed by atoms with Gasteiger partial charge < -0.3 is 5.21 Å². The Kier molecular flexibility index (Phi) is 2.01. The SMILES string of the molecule is O=C1NS(=O)(=O)c2cc([NH+]([O-])O)ccc21. The molecule has 80 valence electrons. The fraction of sp³-hybridized carbons (Fsp3) is 0. The van der Waals surface area contributed by atoms with Crippen molar-refractivity contribution in [3.05, 3.63) is 29.0 Å². The van der Waals surface area contributed by atoms with E-state index in [0.717, 1.165) is 6.07 Å². The van der Waals surface area contributed by atoms with Crippen molar-refractivity contribution in [2.45, 2.75) is 4.90 Å². The van der Waals surface area contributed by atoms with Crippen LogP contribution in [0.2, 0.25) is 0 Å². The molecule has 1 atom stereocenters. The number of nitrogens with one attached hydrogen (secondary N) is 2. The Morgan fingerprint density at radius 3 is 2.67 bits per heavy atom.